The van der Waals surface area contributed by atoms with Gasteiger partial charge in [-0.1, -0.05) is 12.8 Å². The Morgan fingerprint density at radius 2 is 2.31 bits per heavy atom. The number of imidazole rings is 1. The summed E-state index contributed by atoms with van der Waals surface area (Å²) < 4.78 is 2.15. The predicted octanol–water partition coefficient (Wildman–Crippen LogP) is 2.44. The van der Waals surface area contributed by atoms with Gasteiger partial charge in [0, 0.05) is 25.0 Å². The van der Waals surface area contributed by atoms with Crippen LogP contribution in [0.5, 0.6) is 0 Å². The highest BCUT2D eigenvalue weighted by Gasteiger charge is 2.22. The number of aryl methyl sites for hydroxylation is 1. The Morgan fingerprint density at radius 1 is 1.44 bits per heavy atom. The van der Waals surface area contributed by atoms with Crippen LogP contribution in [0.1, 0.15) is 39.0 Å². The number of nitrogens with one attached hydrogen (secondary N) is 1. The lowest BCUT2D eigenvalue weighted by Crippen LogP contribution is -2.27. The second kappa shape index (κ2) is 6.04. The highest BCUT2D eigenvalue weighted by Crippen LogP contribution is 2.33. The lowest BCUT2D eigenvalue weighted by Gasteiger charge is -2.12. The van der Waals surface area contributed by atoms with E-state index in [9.17, 15) is 0 Å². The van der Waals surface area contributed by atoms with Crippen molar-refractivity contribution in [2.24, 2.45) is 5.92 Å². The summed E-state index contributed by atoms with van der Waals surface area (Å²) in [6.07, 6.45) is 12.6. The topological polar surface area (TPSA) is 29.9 Å². The van der Waals surface area contributed by atoms with Crippen LogP contribution in [0.15, 0.2) is 18.7 Å². The third kappa shape index (κ3) is 4.35. The molecule has 16 heavy (non-hydrogen) atoms. The molecule has 1 aliphatic rings. The summed E-state index contributed by atoms with van der Waals surface area (Å²) in [5, 5.41) is 3.61. The number of hydrogen-bond acceptors (Lipinski definition) is 2. The molecule has 1 atom stereocenters. The summed E-state index contributed by atoms with van der Waals surface area (Å²) in [5.74, 6) is 1.04. The lowest BCUT2D eigenvalue weighted by molar-refractivity contribution is 0.470. The van der Waals surface area contributed by atoms with Gasteiger partial charge in [0.25, 0.3) is 0 Å². The molecule has 0 saturated heterocycles. The molecule has 1 saturated carbocycles. The summed E-state index contributed by atoms with van der Waals surface area (Å²) in [6, 6.07) is 0.709. The zero-order valence-corrected chi connectivity index (χ0v) is 10.2. The van der Waals surface area contributed by atoms with Crippen molar-refractivity contribution in [2.75, 3.05) is 6.54 Å². The predicted molar refractivity (Wildman–Crippen MR) is 66.3 cm³/mol. The number of aromatic nitrogens is 2. The summed E-state index contributed by atoms with van der Waals surface area (Å²) in [6.45, 7) is 4.56. The van der Waals surface area contributed by atoms with Crippen molar-refractivity contribution in [1.29, 1.82) is 0 Å². The highest BCUT2D eigenvalue weighted by atomic mass is 15.0. The number of unbranched alkanes of at least 4 members (excludes halogenated alkanes) is 1. The van der Waals surface area contributed by atoms with Gasteiger partial charge in [-0.15, -0.1) is 0 Å². The van der Waals surface area contributed by atoms with Gasteiger partial charge in [0.15, 0.2) is 0 Å². The van der Waals surface area contributed by atoms with Gasteiger partial charge in [0.05, 0.1) is 6.33 Å². The Balaban J connectivity index is 1.45. The highest BCUT2D eigenvalue weighted by molar-refractivity contribution is 4.78. The van der Waals surface area contributed by atoms with Crippen molar-refractivity contribution < 1.29 is 0 Å². The third-order valence-electron chi connectivity index (χ3n) is 3.28. The summed E-state index contributed by atoms with van der Waals surface area (Å²) in [7, 11) is 0. The molecule has 1 unspecified atom stereocenters. The van der Waals surface area contributed by atoms with Gasteiger partial charge in [-0.3, -0.25) is 0 Å². The van der Waals surface area contributed by atoms with Crippen LogP contribution in [0.3, 0.4) is 0 Å². The molecule has 3 heteroatoms. The quantitative estimate of drug-likeness (QED) is 0.683. The molecule has 0 spiro atoms. The van der Waals surface area contributed by atoms with E-state index in [2.05, 4.69) is 21.8 Å². The van der Waals surface area contributed by atoms with E-state index < -0.39 is 0 Å². The summed E-state index contributed by atoms with van der Waals surface area (Å²) >= 11 is 0. The Labute approximate surface area is 98.3 Å². The van der Waals surface area contributed by atoms with E-state index in [1.807, 2.05) is 18.7 Å². The van der Waals surface area contributed by atoms with Crippen molar-refractivity contribution in [3.63, 3.8) is 0 Å². The van der Waals surface area contributed by atoms with E-state index in [4.69, 9.17) is 0 Å². The van der Waals surface area contributed by atoms with Gasteiger partial charge < -0.3 is 9.88 Å². The van der Waals surface area contributed by atoms with Crippen LogP contribution in [0.2, 0.25) is 0 Å². The molecule has 0 aromatic carbocycles. The Bertz CT molecular complexity index is 277. The van der Waals surface area contributed by atoms with Gasteiger partial charge in [-0.25, -0.2) is 4.98 Å². The van der Waals surface area contributed by atoms with Crippen LogP contribution in [-0.2, 0) is 6.54 Å². The zero-order chi connectivity index (χ0) is 11.2. The molecule has 0 aliphatic heterocycles. The maximum absolute atomic E-state index is 4.04. The van der Waals surface area contributed by atoms with Gasteiger partial charge in [0.2, 0.25) is 0 Å². The molecule has 3 nitrogen and oxygen atoms in total. The Hall–Kier alpha value is -0.830. The molecule has 1 heterocycles. The SMILES string of the molecule is CC(CC1CC1)NCCCCn1ccnc1. The average Bonchev–Trinajstić information content (AvgIpc) is 2.93. The molecule has 0 bridgehead atoms. The number of nitrogens with zero attached hydrogens (tertiary/aromatic N) is 2. The number of rotatable bonds is 8. The van der Waals surface area contributed by atoms with Gasteiger partial charge in [-0.2, -0.15) is 0 Å². The van der Waals surface area contributed by atoms with E-state index in [0.717, 1.165) is 19.0 Å². The molecule has 1 fully saturated rings. The fourth-order valence-corrected chi connectivity index (χ4v) is 2.12. The van der Waals surface area contributed by atoms with Gasteiger partial charge in [0.1, 0.15) is 0 Å². The van der Waals surface area contributed by atoms with E-state index in [-0.39, 0.29) is 0 Å². The molecule has 2 rings (SSSR count). The van der Waals surface area contributed by atoms with Crippen molar-refractivity contribution >= 4 is 0 Å². The van der Waals surface area contributed by atoms with Crippen LogP contribution in [-0.4, -0.2) is 22.1 Å². The molecule has 1 aliphatic carbocycles. The van der Waals surface area contributed by atoms with E-state index >= 15 is 0 Å². The van der Waals surface area contributed by atoms with Gasteiger partial charge in [-0.05, 0) is 38.6 Å². The normalized spacial score (nSPS) is 17.6. The minimum atomic E-state index is 0.709. The van der Waals surface area contributed by atoms with Crippen molar-refractivity contribution in [3.05, 3.63) is 18.7 Å². The smallest absolute Gasteiger partial charge is 0.0945 e. The maximum Gasteiger partial charge on any atom is 0.0945 e. The standard InChI is InChI=1S/C13H23N3/c1-12(10-13-4-5-13)15-6-2-3-8-16-9-7-14-11-16/h7,9,11-13,15H,2-6,8,10H2,1H3. The largest absolute Gasteiger partial charge is 0.337 e. The second-order valence-electron chi connectivity index (χ2n) is 5.04. The zero-order valence-electron chi connectivity index (χ0n) is 10.2. The van der Waals surface area contributed by atoms with Crippen LogP contribution >= 0.6 is 0 Å². The first-order valence-electron chi connectivity index (χ1n) is 6.53. The third-order valence-corrected chi connectivity index (χ3v) is 3.28. The maximum atomic E-state index is 4.04. The molecule has 90 valence electrons. The molecule has 0 radical (unpaired) electrons. The van der Waals surface area contributed by atoms with E-state index in [0.29, 0.717) is 6.04 Å². The Morgan fingerprint density at radius 3 is 3.00 bits per heavy atom. The van der Waals surface area contributed by atoms with Crippen molar-refractivity contribution in [3.8, 4) is 0 Å². The molecule has 1 aromatic heterocycles. The lowest BCUT2D eigenvalue weighted by atomic mass is 10.1. The fourth-order valence-electron chi connectivity index (χ4n) is 2.12. The van der Waals surface area contributed by atoms with Crippen LogP contribution in [0.4, 0.5) is 0 Å². The van der Waals surface area contributed by atoms with Crippen LogP contribution in [0.25, 0.3) is 0 Å². The molecule has 0 amide bonds. The average molecular weight is 221 g/mol. The first-order valence-corrected chi connectivity index (χ1v) is 6.53. The molecular weight excluding hydrogens is 198 g/mol. The van der Waals surface area contributed by atoms with Crippen molar-refractivity contribution in [2.45, 2.75) is 51.6 Å². The van der Waals surface area contributed by atoms with Gasteiger partial charge >= 0.3 is 0 Å². The minimum Gasteiger partial charge on any atom is -0.337 e. The first kappa shape index (κ1) is 11.6. The van der Waals surface area contributed by atoms with E-state index in [1.165, 1.54) is 32.1 Å². The Kier molecular flexibility index (Phi) is 4.40. The molecular formula is C13H23N3. The van der Waals surface area contributed by atoms with Crippen LogP contribution < -0.4 is 5.32 Å². The first-order chi connectivity index (χ1) is 7.84. The van der Waals surface area contributed by atoms with Crippen molar-refractivity contribution in [1.82, 2.24) is 14.9 Å². The summed E-state index contributed by atoms with van der Waals surface area (Å²) in [5.41, 5.74) is 0. The second-order valence-corrected chi connectivity index (χ2v) is 5.04. The van der Waals surface area contributed by atoms with E-state index in [1.54, 1.807) is 0 Å². The van der Waals surface area contributed by atoms with Crippen LogP contribution in [0, 0.1) is 5.92 Å². The monoisotopic (exact) mass is 221 g/mol. The summed E-state index contributed by atoms with van der Waals surface area (Å²) in [4.78, 5) is 4.04. The fraction of sp³-hybridized carbons (Fsp3) is 0.769. The minimum absolute atomic E-state index is 0.709. The molecule has 1 aromatic rings. The number of hydrogen-bond donors (Lipinski definition) is 1. The molecule has 1 N–H and O–H groups in total.